The van der Waals surface area contributed by atoms with Crippen molar-refractivity contribution in [2.75, 3.05) is 6.61 Å². The molecule has 4 rings (SSSR count). The van der Waals surface area contributed by atoms with Gasteiger partial charge in [0.05, 0.1) is 0 Å². The van der Waals surface area contributed by atoms with Crippen LogP contribution in [0.4, 0.5) is 0 Å². The third kappa shape index (κ3) is 2.21. The Morgan fingerprint density at radius 1 is 1.19 bits per heavy atom. The molecule has 2 heterocycles. The van der Waals surface area contributed by atoms with E-state index in [1.54, 1.807) is 6.33 Å². The summed E-state index contributed by atoms with van der Waals surface area (Å²) in [6.07, 6.45) is 8.20. The molecule has 0 saturated heterocycles. The minimum Gasteiger partial charge on any atom is -0.471 e. The number of aromatic nitrogens is 2. The first-order valence-corrected chi connectivity index (χ1v) is 7.48. The average molecular weight is 297 g/mol. The van der Waals surface area contributed by atoms with E-state index in [1.807, 2.05) is 12.4 Å². The Kier molecular flexibility index (Phi) is 2.96. The first-order valence-electron chi connectivity index (χ1n) is 7.04. The van der Waals surface area contributed by atoms with Crippen LogP contribution in [0.25, 0.3) is 11.1 Å². The summed E-state index contributed by atoms with van der Waals surface area (Å²) >= 11 is 4.25. The molecule has 1 atom stereocenters. The Morgan fingerprint density at radius 3 is 2.81 bits per heavy atom. The van der Waals surface area contributed by atoms with E-state index in [0.29, 0.717) is 11.8 Å². The van der Waals surface area contributed by atoms with Gasteiger partial charge in [-0.2, -0.15) is 0 Å². The number of nitrogens with zero attached hydrogens (tertiary/aromatic N) is 3. The maximum atomic E-state index is 5.50. The minimum absolute atomic E-state index is 0.143. The average Bonchev–Trinajstić information content (AvgIpc) is 2.88. The number of fused-ring (bicyclic) bond motifs is 1. The Labute approximate surface area is 128 Å². The predicted octanol–water partition coefficient (Wildman–Crippen LogP) is 2.69. The van der Waals surface area contributed by atoms with Crippen molar-refractivity contribution < 1.29 is 4.74 Å². The summed E-state index contributed by atoms with van der Waals surface area (Å²) in [5.74, 6) is 0. The lowest BCUT2D eigenvalue weighted by Gasteiger charge is -2.31. The Balaban J connectivity index is 1.80. The van der Waals surface area contributed by atoms with Gasteiger partial charge in [-0.05, 0) is 29.5 Å². The summed E-state index contributed by atoms with van der Waals surface area (Å²) in [6, 6.07) is 6.45. The number of benzene rings is 1. The molecule has 4 nitrogen and oxygen atoms in total. The van der Waals surface area contributed by atoms with Gasteiger partial charge in [-0.1, -0.05) is 30.8 Å². The first kappa shape index (κ1) is 12.8. The molecule has 0 amide bonds. The van der Waals surface area contributed by atoms with E-state index < -0.39 is 0 Å². The van der Waals surface area contributed by atoms with Crippen LogP contribution in [0.15, 0.2) is 41.9 Å². The molecule has 1 aliphatic carbocycles. The van der Waals surface area contributed by atoms with Crippen LogP contribution in [0.2, 0.25) is 0 Å². The molecular weight excluding hydrogens is 282 g/mol. The van der Waals surface area contributed by atoms with E-state index in [9.17, 15) is 0 Å². The van der Waals surface area contributed by atoms with Gasteiger partial charge in [0.2, 0.25) is 5.23 Å². The van der Waals surface area contributed by atoms with E-state index in [4.69, 9.17) is 4.74 Å². The van der Waals surface area contributed by atoms with Gasteiger partial charge in [-0.15, -0.1) is 0 Å². The van der Waals surface area contributed by atoms with Gasteiger partial charge in [0.15, 0.2) is 0 Å². The SMILES string of the molecule is SC1=NC2(CCc3cccc(-c4cncnc4)c3C2)CO1. The topological polar surface area (TPSA) is 47.4 Å². The standard InChI is InChI=1S/C16H15N3OS/c21-15-19-16(9-20-15)5-4-11-2-1-3-13(14(11)6-16)12-7-17-10-18-8-12/h1-3,7-8,10H,4-6,9H2,(H,19,21). The third-order valence-electron chi connectivity index (χ3n) is 4.31. The molecule has 0 radical (unpaired) electrons. The number of hydrogen-bond donors (Lipinski definition) is 1. The maximum absolute atomic E-state index is 5.50. The van der Waals surface area contributed by atoms with Crippen molar-refractivity contribution in [1.29, 1.82) is 0 Å². The van der Waals surface area contributed by atoms with Gasteiger partial charge < -0.3 is 4.74 Å². The highest BCUT2D eigenvalue weighted by atomic mass is 32.1. The van der Waals surface area contributed by atoms with Crippen molar-refractivity contribution in [2.24, 2.45) is 4.99 Å². The molecular formula is C16H15N3OS. The quantitative estimate of drug-likeness (QED) is 0.823. The lowest BCUT2D eigenvalue weighted by atomic mass is 9.76. The lowest BCUT2D eigenvalue weighted by Crippen LogP contribution is -2.35. The van der Waals surface area contributed by atoms with Crippen molar-refractivity contribution in [3.05, 3.63) is 48.0 Å². The number of rotatable bonds is 1. The van der Waals surface area contributed by atoms with Crippen LogP contribution < -0.4 is 0 Å². The number of ether oxygens (including phenoxy) is 1. The zero-order valence-corrected chi connectivity index (χ0v) is 12.4. The smallest absolute Gasteiger partial charge is 0.243 e. The highest BCUT2D eigenvalue weighted by Crippen LogP contribution is 2.39. The fraction of sp³-hybridized carbons (Fsp3) is 0.312. The number of aryl methyl sites for hydroxylation is 1. The van der Waals surface area contributed by atoms with Gasteiger partial charge in [-0.3, -0.25) is 0 Å². The largest absolute Gasteiger partial charge is 0.471 e. The van der Waals surface area contributed by atoms with Gasteiger partial charge >= 0.3 is 0 Å². The number of thiol groups is 1. The Hall–Kier alpha value is -1.88. The summed E-state index contributed by atoms with van der Waals surface area (Å²) in [7, 11) is 0. The molecule has 1 unspecified atom stereocenters. The van der Waals surface area contributed by atoms with Crippen molar-refractivity contribution in [3.8, 4) is 11.1 Å². The molecule has 2 aliphatic rings. The zero-order valence-electron chi connectivity index (χ0n) is 11.5. The second-order valence-electron chi connectivity index (χ2n) is 5.65. The van der Waals surface area contributed by atoms with Gasteiger partial charge in [-0.25, -0.2) is 15.0 Å². The van der Waals surface area contributed by atoms with Crippen molar-refractivity contribution in [2.45, 2.75) is 24.8 Å². The predicted molar refractivity (Wildman–Crippen MR) is 84.6 cm³/mol. The molecule has 1 spiro atoms. The molecule has 0 bridgehead atoms. The Morgan fingerprint density at radius 2 is 2.05 bits per heavy atom. The van der Waals surface area contributed by atoms with E-state index in [1.165, 1.54) is 16.7 Å². The molecule has 106 valence electrons. The molecule has 21 heavy (non-hydrogen) atoms. The summed E-state index contributed by atoms with van der Waals surface area (Å²) in [5, 5.41) is 0.513. The second-order valence-corrected chi connectivity index (χ2v) is 6.04. The molecule has 0 N–H and O–H groups in total. The number of hydrogen-bond acceptors (Lipinski definition) is 4. The second kappa shape index (κ2) is 4.84. The molecule has 2 aromatic rings. The summed E-state index contributed by atoms with van der Waals surface area (Å²) < 4.78 is 5.50. The van der Waals surface area contributed by atoms with Crippen LogP contribution in [-0.2, 0) is 17.6 Å². The zero-order chi connectivity index (χ0) is 14.3. The molecule has 0 fully saturated rings. The Bertz CT molecular complexity index is 717. The van der Waals surface area contributed by atoms with Crippen LogP contribution in [0.5, 0.6) is 0 Å². The van der Waals surface area contributed by atoms with E-state index in [-0.39, 0.29) is 5.54 Å². The van der Waals surface area contributed by atoms with E-state index in [0.717, 1.165) is 24.8 Å². The minimum atomic E-state index is -0.143. The summed E-state index contributed by atoms with van der Waals surface area (Å²) in [5.41, 5.74) is 4.85. The van der Waals surface area contributed by atoms with Crippen LogP contribution in [0, 0.1) is 0 Å². The van der Waals surface area contributed by atoms with Gasteiger partial charge in [0.25, 0.3) is 0 Å². The lowest BCUT2D eigenvalue weighted by molar-refractivity contribution is 0.240. The fourth-order valence-electron chi connectivity index (χ4n) is 3.26. The molecule has 1 aromatic heterocycles. The highest BCUT2D eigenvalue weighted by Gasteiger charge is 2.39. The molecule has 1 aromatic carbocycles. The van der Waals surface area contributed by atoms with Crippen molar-refractivity contribution >= 4 is 17.9 Å². The van der Waals surface area contributed by atoms with Crippen molar-refractivity contribution in [3.63, 3.8) is 0 Å². The van der Waals surface area contributed by atoms with E-state index >= 15 is 0 Å². The monoisotopic (exact) mass is 297 g/mol. The normalized spacial score (nSPS) is 23.6. The molecule has 1 aliphatic heterocycles. The first-order chi connectivity index (χ1) is 10.3. The van der Waals surface area contributed by atoms with Crippen LogP contribution in [0.3, 0.4) is 0 Å². The molecule has 5 heteroatoms. The fourth-order valence-corrected chi connectivity index (χ4v) is 3.53. The van der Waals surface area contributed by atoms with Gasteiger partial charge in [0, 0.05) is 24.4 Å². The maximum Gasteiger partial charge on any atom is 0.243 e. The summed E-state index contributed by atoms with van der Waals surface area (Å²) in [4.78, 5) is 12.9. The summed E-state index contributed by atoms with van der Waals surface area (Å²) in [6.45, 7) is 0.630. The van der Waals surface area contributed by atoms with Crippen molar-refractivity contribution in [1.82, 2.24) is 9.97 Å². The van der Waals surface area contributed by atoms with Gasteiger partial charge in [0.1, 0.15) is 18.5 Å². The van der Waals surface area contributed by atoms with Crippen LogP contribution >= 0.6 is 12.6 Å². The highest BCUT2D eigenvalue weighted by molar-refractivity contribution is 7.96. The van der Waals surface area contributed by atoms with Crippen LogP contribution in [-0.4, -0.2) is 27.3 Å². The van der Waals surface area contributed by atoms with Crippen LogP contribution in [0.1, 0.15) is 17.5 Å². The molecule has 0 saturated carbocycles. The number of aliphatic imine (C=N–C) groups is 1. The third-order valence-corrected chi connectivity index (χ3v) is 4.54. The van der Waals surface area contributed by atoms with E-state index in [2.05, 4.69) is 45.8 Å².